The average Bonchev–Trinajstić information content (AvgIpc) is 2.45. The van der Waals surface area contributed by atoms with E-state index in [1.807, 2.05) is 24.3 Å². The van der Waals surface area contributed by atoms with Gasteiger partial charge < -0.3 is 10.1 Å². The highest BCUT2D eigenvalue weighted by molar-refractivity contribution is 9.10. The molecule has 0 radical (unpaired) electrons. The van der Waals surface area contributed by atoms with E-state index >= 15 is 0 Å². The van der Waals surface area contributed by atoms with E-state index in [9.17, 15) is 9.18 Å². The molecule has 0 fully saturated rings. The first-order valence-corrected chi connectivity index (χ1v) is 7.64. The van der Waals surface area contributed by atoms with Crippen LogP contribution in [0, 0.1) is 5.82 Å². The van der Waals surface area contributed by atoms with E-state index < -0.39 is 12.0 Å². The standard InChI is InChI=1S/C15H12Br2FNO2/c1-21-15(20)14(12-6-5-10(18)8-13(12)17)19-11-4-2-3-9(16)7-11/h2-8,14,19H,1H3. The summed E-state index contributed by atoms with van der Waals surface area (Å²) in [5, 5.41) is 3.09. The zero-order valence-corrected chi connectivity index (χ0v) is 14.2. The molecule has 2 aromatic carbocycles. The number of esters is 1. The second-order valence-corrected chi connectivity index (χ2v) is 6.05. The summed E-state index contributed by atoms with van der Waals surface area (Å²) in [6, 6.07) is 10.8. The van der Waals surface area contributed by atoms with Gasteiger partial charge in [-0.05, 0) is 35.9 Å². The third-order valence-electron chi connectivity index (χ3n) is 2.85. The van der Waals surface area contributed by atoms with Crippen LogP contribution in [0.5, 0.6) is 0 Å². The summed E-state index contributed by atoms with van der Waals surface area (Å²) in [6.45, 7) is 0. The number of anilines is 1. The van der Waals surface area contributed by atoms with Gasteiger partial charge in [-0.15, -0.1) is 0 Å². The molecule has 0 aliphatic rings. The van der Waals surface area contributed by atoms with Gasteiger partial charge >= 0.3 is 5.97 Å². The molecule has 0 aliphatic heterocycles. The summed E-state index contributed by atoms with van der Waals surface area (Å²) < 4.78 is 19.4. The van der Waals surface area contributed by atoms with Crippen molar-refractivity contribution in [2.24, 2.45) is 0 Å². The Labute approximate surface area is 138 Å². The number of benzene rings is 2. The SMILES string of the molecule is COC(=O)C(Nc1cccc(Br)c1)c1ccc(F)cc1Br. The number of hydrogen-bond donors (Lipinski definition) is 1. The molecule has 0 heterocycles. The molecule has 0 saturated heterocycles. The van der Waals surface area contributed by atoms with Gasteiger partial charge in [0.2, 0.25) is 0 Å². The van der Waals surface area contributed by atoms with Crippen LogP contribution in [0.15, 0.2) is 51.4 Å². The number of ether oxygens (including phenoxy) is 1. The van der Waals surface area contributed by atoms with Gasteiger partial charge in [0.1, 0.15) is 5.82 Å². The molecular formula is C15H12Br2FNO2. The molecule has 0 aliphatic carbocycles. The normalized spacial score (nSPS) is 11.8. The van der Waals surface area contributed by atoms with Crippen molar-refractivity contribution in [2.45, 2.75) is 6.04 Å². The Balaban J connectivity index is 2.37. The van der Waals surface area contributed by atoms with Crippen LogP contribution in [0.4, 0.5) is 10.1 Å². The molecule has 1 atom stereocenters. The van der Waals surface area contributed by atoms with Crippen LogP contribution in [0.1, 0.15) is 11.6 Å². The Morgan fingerprint density at radius 2 is 2.00 bits per heavy atom. The van der Waals surface area contributed by atoms with E-state index in [0.717, 1.165) is 10.2 Å². The lowest BCUT2D eigenvalue weighted by Gasteiger charge is -2.19. The molecule has 0 amide bonds. The fourth-order valence-electron chi connectivity index (χ4n) is 1.86. The van der Waals surface area contributed by atoms with Crippen LogP contribution in [0.25, 0.3) is 0 Å². The Morgan fingerprint density at radius 1 is 1.24 bits per heavy atom. The maximum absolute atomic E-state index is 13.2. The predicted molar refractivity (Wildman–Crippen MR) is 86.6 cm³/mol. The highest BCUT2D eigenvalue weighted by atomic mass is 79.9. The smallest absolute Gasteiger partial charge is 0.333 e. The topological polar surface area (TPSA) is 38.3 Å². The second kappa shape index (κ2) is 7.04. The lowest BCUT2D eigenvalue weighted by Crippen LogP contribution is -2.22. The third-order valence-corrected chi connectivity index (χ3v) is 4.03. The van der Waals surface area contributed by atoms with E-state index in [-0.39, 0.29) is 5.82 Å². The Hall–Kier alpha value is -1.40. The minimum absolute atomic E-state index is 0.378. The van der Waals surface area contributed by atoms with Gasteiger partial charge in [-0.3, -0.25) is 0 Å². The summed E-state index contributed by atoms with van der Waals surface area (Å²) in [4.78, 5) is 12.0. The molecule has 0 saturated carbocycles. The van der Waals surface area contributed by atoms with Crippen molar-refractivity contribution >= 4 is 43.5 Å². The van der Waals surface area contributed by atoms with Crippen LogP contribution in [0.3, 0.4) is 0 Å². The van der Waals surface area contributed by atoms with E-state index in [4.69, 9.17) is 4.74 Å². The van der Waals surface area contributed by atoms with E-state index in [1.165, 1.54) is 19.2 Å². The monoisotopic (exact) mass is 415 g/mol. The summed E-state index contributed by atoms with van der Waals surface area (Å²) in [5.74, 6) is -0.834. The first-order chi connectivity index (χ1) is 10.0. The number of methoxy groups -OCH3 is 1. The van der Waals surface area contributed by atoms with Gasteiger partial charge in [0.25, 0.3) is 0 Å². The third kappa shape index (κ3) is 4.04. The van der Waals surface area contributed by atoms with Crippen molar-refractivity contribution in [3.63, 3.8) is 0 Å². The molecule has 1 N–H and O–H groups in total. The number of carbonyl (C=O) groups is 1. The van der Waals surface area contributed by atoms with Gasteiger partial charge in [0, 0.05) is 14.6 Å². The molecule has 0 bridgehead atoms. The molecule has 2 rings (SSSR count). The van der Waals surface area contributed by atoms with Crippen LogP contribution in [-0.2, 0) is 9.53 Å². The molecule has 3 nitrogen and oxygen atoms in total. The highest BCUT2D eigenvalue weighted by Gasteiger charge is 2.23. The molecule has 2 aromatic rings. The van der Waals surface area contributed by atoms with Gasteiger partial charge in [-0.2, -0.15) is 0 Å². The molecule has 0 aromatic heterocycles. The van der Waals surface area contributed by atoms with Crippen LogP contribution in [-0.4, -0.2) is 13.1 Å². The van der Waals surface area contributed by atoms with E-state index in [1.54, 1.807) is 6.07 Å². The zero-order chi connectivity index (χ0) is 15.4. The van der Waals surface area contributed by atoms with Crippen molar-refractivity contribution in [1.82, 2.24) is 0 Å². The van der Waals surface area contributed by atoms with E-state index in [2.05, 4.69) is 37.2 Å². The fraction of sp³-hybridized carbons (Fsp3) is 0.133. The first-order valence-electron chi connectivity index (χ1n) is 6.06. The number of hydrogen-bond acceptors (Lipinski definition) is 3. The fourth-order valence-corrected chi connectivity index (χ4v) is 2.84. The molecular weight excluding hydrogens is 405 g/mol. The quantitative estimate of drug-likeness (QED) is 0.735. The van der Waals surface area contributed by atoms with Crippen LogP contribution < -0.4 is 5.32 Å². The van der Waals surface area contributed by atoms with Crippen LogP contribution in [0.2, 0.25) is 0 Å². The lowest BCUT2D eigenvalue weighted by atomic mass is 10.1. The first kappa shape index (κ1) is 16.0. The lowest BCUT2D eigenvalue weighted by molar-refractivity contribution is -0.141. The van der Waals surface area contributed by atoms with Crippen molar-refractivity contribution in [3.05, 3.63) is 62.8 Å². The molecule has 21 heavy (non-hydrogen) atoms. The summed E-state index contributed by atoms with van der Waals surface area (Å²) in [7, 11) is 1.31. The van der Waals surface area contributed by atoms with Crippen molar-refractivity contribution in [2.75, 3.05) is 12.4 Å². The van der Waals surface area contributed by atoms with Crippen LogP contribution >= 0.6 is 31.9 Å². The summed E-state index contributed by atoms with van der Waals surface area (Å²) in [6.07, 6.45) is 0. The second-order valence-electron chi connectivity index (χ2n) is 4.28. The van der Waals surface area contributed by atoms with Gasteiger partial charge in [0.05, 0.1) is 7.11 Å². The summed E-state index contributed by atoms with van der Waals surface area (Å²) in [5.41, 5.74) is 1.35. The van der Waals surface area contributed by atoms with Gasteiger partial charge in [0.15, 0.2) is 6.04 Å². The molecule has 1 unspecified atom stereocenters. The highest BCUT2D eigenvalue weighted by Crippen LogP contribution is 2.29. The summed E-state index contributed by atoms with van der Waals surface area (Å²) >= 11 is 6.65. The Morgan fingerprint density at radius 3 is 2.62 bits per heavy atom. The van der Waals surface area contributed by atoms with Gasteiger partial charge in [-0.1, -0.05) is 44.0 Å². The molecule has 0 spiro atoms. The Bertz CT molecular complexity index is 664. The van der Waals surface area contributed by atoms with Crippen molar-refractivity contribution < 1.29 is 13.9 Å². The molecule has 110 valence electrons. The van der Waals surface area contributed by atoms with E-state index in [0.29, 0.717) is 10.0 Å². The number of halogens is 3. The van der Waals surface area contributed by atoms with Gasteiger partial charge in [-0.25, -0.2) is 9.18 Å². The maximum atomic E-state index is 13.2. The Kier molecular flexibility index (Phi) is 5.36. The van der Waals surface area contributed by atoms with Crippen molar-refractivity contribution in [1.29, 1.82) is 0 Å². The maximum Gasteiger partial charge on any atom is 0.333 e. The molecule has 6 heteroatoms. The number of carbonyl (C=O) groups excluding carboxylic acids is 1. The predicted octanol–water partition coefficient (Wildman–Crippen LogP) is 4.68. The number of nitrogens with one attached hydrogen (secondary N) is 1. The minimum atomic E-state index is -0.737. The number of rotatable bonds is 4. The van der Waals surface area contributed by atoms with Crippen molar-refractivity contribution in [3.8, 4) is 0 Å². The largest absolute Gasteiger partial charge is 0.467 e. The minimum Gasteiger partial charge on any atom is -0.467 e. The zero-order valence-electron chi connectivity index (χ0n) is 11.1. The average molecular weight is 417 g/mol.